The Morgan fingerprint density at radius 2 is 1.92 bits per heavy atom. The van der Waals surface area contributed by atoms with Crippen molar-refractivity contribution in [3.8, 4) is 17.6 Å². The first-order chi connectivity index (χ1) is 18.1. The SMILES string of the molecule is CC1(C)c2cc(NS(C)(=O)=O)ccc2C(=O)c2c1oc1cc(C#Cc3cc(OCC4CC4)ccn3)ccc21. The standard InChI is InChI=1S/C30H26N2O5S/c1-30(2)25-16-21(32-38(3,34)35)9-11-23(25)28(33)27-24-10-7-18(14-26(24)37-29(27)30)6-8-20-15-22(12-13-31-20)36-17-19-4-5-19/h7,9-16,19,32H,4-5,17H2,1-3H3. The van der Waals surface area contributed by atoms with Crippen LogP contribution in [0.15, 0.2) is 59.1 Å². The molecule has 38 heavy (non-hydrogen) atoms. The number of nitrogens with zero attached hydrogens (tertiary/aromatic N) is 1. The molecule has 4 aromatic rings. The number of ketones is 1. The summed E-state index contributed by atoms with van der Waals surface area (Å²) in [6, 6.07) is 14.2. The summed E-state index contributed by atoms with van der Waals surface area (Å²) in [5, 5.41) is 0.723. The highest BCUT2D eigenvalue weighted by Gasteiger charge is 2.41. The van der Waals surface area contributed by atoms with Crippen LogP contribution >= 0.6 is 0 Å². The summed E-state index contributed by atoms with van der Waals surface area (Å²) in [6.07, 6.45) is 5.24. The molecule has 7 nitrogen and oxygen atoms in total. The summed E-state index contributed by atoms with van der Waals surface area (Å²) in [4.78, 5) is 17.9. The minimum atomic E-state index is -3.46. The van der Waals surface area contributed by atoms with Crippen molar-refractivity contribution >= 4 is 32.5 Å². The number of ether oxygens (including phenoxy) is 1. The molecule has 192 valence electrons. The Labute approximate surface area is 221 Å². The summed E-state index contributed by atoms with van der Waals surface area (Å²) in [5.41, 5.74) is 3.42. The van der Waals surface area contributed by atoms with Gasteiger partial charge < -0.3 is 9.15 Å². The van der Waals surface area contributed by atoms with Crippen molar-refractivity contribution in [2.24, 2.45) is 5.92 Å². The second kappa shape index (κ2) is 8.74. The number of furan rings is 1. The predicted molar refractivity (Wildman–Crippen MR) is 145 cm³/mol. The van der Waals surface area contributed by atoms with Gasteiger partial charge in [-0.05, 0) is 86.6 Å². The van der Waals surface area contributed by atoms with Gasteiger partial charge in [0.25, 0.3) is 0 Å². The van der Waals surface area contributed by atoms with Gasteiger partial charge >= 0.3 is 0 Å². The third-order valence-corrected chi connectivity index (χ3v) is 7.58. The quantitative estimate of drug-likeness (QED) is 0.356. The maximum absolute atomic E-state index is 13.5. The van der Waals surface area contributed by atoms with Crippen LogP contribution in [0.1, 0.15) is 65.2 Å². The predicted octanol–water partition coefficient (Wildman–Crippen LogP) is 5.26. The molecule has 0 unspecified atom stereocenters. The number of carbonyl (C=O) groups is 1. The summed E-state index contributed by atoms with van der Waals surface area (Å²) in [5.74, 6) is 8.06. The van der Waals surface area contributed by atoms with Gasteiger partial charge in [-0.2, -0.15) is 0 Å². The molecule has 1 saturated carbocycles. The summed E-state index contributed by atoms with van der Waals surface area (Å²) in [6.45, 7) is 4.66. The smallest absolute Gasteiger partial charge is 0.229 e. The van der Waals surface area contributed by atoms with Gasteiger partial charge in [0.1, 0.15) is 22.8 Å². The number of sulfonamides is 1. The van der Waals surface area contributed by atoms with E-state index in [0.29, 0.717) is 45.3 Å². The molecular formula is C30H26N2O5S. The van der Waals surface area contributed by atoms with E-state index in [-0.39, 0.29) is 5.78 Å². The number of aromatic nitrogens is 1. The number of carbonyl (C=O) groups excluding carboxylic acids is 1. The molecular weight excluding hydrogens is 500 g/mol. The third kappa shape index (κ3) is 4.54. The van der Waals surface area contributed by atoms with E-state index >= 15 is 0 Å². The average molecular weight is 527 g/mol. The normalized spacial score (nSPS) is 15.8. The summed E-state index contributed by atoms with van der Waals surface area (Å²) in [7, 11) is -3.46. The lowest BCUT2D eigenvalue weighted by molar-refractivity contribution is 0.102. The van der Waals surface area contributed by atoms with Crippen molar-refractivity contribution in [3.05, 3.63) is 88.4 Å². The van der Waals surface area contributed by atoms with E-state index in [2.05, 4.69) is 21.5 Å². The molecule has 8 heteroatoms. The fourth-order valence-corrected chi connectivity index (χ4v) is 5.39. The molecule has 2 heterocycles. The molecule has 2 aliphatic carbocycles. The van der Waals surface area contributed by atoms with Crippen LogP contribution in [0.25, 0.3) is 11.0 Å². The van der Waals surface area contributed by atoms with E-state index in [1.165, 1.54) is 12.8 Å². The number of hydrogen-bond acceptors (Lipinski definition) is 6. The highest BCUT2D eigenvalue weighted by molar-refractivity contribution is 7.92. The highest BCUT2D eigenvalue weighted by atomic mass is 32.2. The molecule has 0 amide bonds. The molecule has 6 rings (SSSR count). The minimum Gasteiger partial charge on any atom is -0.493 e. The van der Waals surface area contributed by atoms with Gasteiger partial charge in [-0.25, -0.2) is 13.4 Å². The monoisotopic (exact) mass is 526 g/mol. The summed E-state index contributed by atoms with van der Waals surface area (Å²) < 4.78 is 38.1. The van der Waals surface area contributed by atoms with Crippen molar-refractivity contribution in [3.63, 3.8) is 0 Å². The Morgan fingerprint density at radius 1 is 1.11 bits per heavy atom. The first kappa shape index (κ1) is 24.3. The number of hydrogen-bond donors (Lipinski definition) is 1. The first-order valence-corrected chi connectivity index (χ1v) is 14.3. The number of nitrogens with one attached hydrogen (secondary N) is 1. The largest absolute Gasteiger partial charge is 0.493 e. The zero-order valence-electron chi connectivity index (χ0n) is 21.3. The van der Waals surface area contributed by atoms with Gasteiger partial charge in [-0.15, -0.1) is 0 Å². The van der Waals surface area contributed by atoms with E-state index in [4.69, 9.17) is 9.15 Å². The van der Waals surface area contributed by atoms with Crippen molar-refractivity contribution in [2.75, 3.05) is 17.6 Å². The van der Waals surface area contributed by atoms with Crippen LogP contribution in [-0.4, -0.2) is 32.0 Å². The van der Waals surface area contributed by atoms with E-state index in [9.17, 15) is 13.2 Å². The van der Waals surface area contributed by atoms with Crippen molar-refractivity contribution in [1.29, 1.82) is 0 Å². The van der Waals surface area contributed by atoms with Crippen LogP contribution in [0.4, 0.5) is 5.69 Å². The number of anilines is 1. The van der Waals surface area contributed by atoms with Gasteiger partial charge in [0, 0.05) is 39.9 Å². The number of rotatable bonds is 5. The fraction of sp³-hybridized carbons (Fsp3) is 0.267. The topological polar surface area (TPSA) is 98.5 Å². The molecule has 0 aliphatic heterocycles. The lowest BCUT2D eigenvalue weighted by Gasteiger charge is -2.31. The molecule has 1 N–H and O–H groups in total. The van der Waals surface area contributed by atoms with E-state index < -0.39 is 15.4 Å². The molecule has 0 bridgehead atoms. The fourth-order valence-electron chi connectivity index (χ4n) is 4.84. The van der Waals surface area contributed by atoms with Crippen LogP contribution in [0.2, 0.25) is 0 Å². The van der Waals surface area contributed by atoms with Crippen molar-refractivity contribution in [2.45, 2.75) is 32.1 Å². The maximum atomic E-state index is 13.5. The Hall–Kier alpha value is -4.09. The Kier molecular flexibility index (Phi) is 5.58. The third-order valence-electron chi connectivity index (χ3n) is 6.97. The molecule has 2 aromatic carbocycles. The van der Waals surface area contributed by atoms with Gasteiger partial charge in [-0.3, -0.25) is 9.52 Å². The number of fused-ring (bicyclic) bond motifs is 4. The van der Waals surface area contributed by atoms with Crippen LogP contribution in [0.5, 0.6) is 5.75 Å². The molecule has 2 aliphatic rings. The molecule has 2 aromatic heterocycles. The Balaban J connectivity index is 1.34. The van der Waals surface area contributed by atoms with Crippen molar-refractivity contribution in [1.82, 2.24) is 4.98 Å². The molecule has 0 atom stereocenters. The first-order valence-electron chi connectivity index (χ1n) is 12.4. The van der Waals surface area contributed by atoms with Crippen molar-refractivity contribution < 1.29 is 22.4 Å². The highest BCUT2D eigenvalue weighted by Crippen LogP contribution is 2.46. The van der Waals surface area contributed by atoms with Gasteiger partial charge in [-0.1, -0.05) is 5.92 Å². The van der Waals surface area contributed by atoms with Crippen LogP contribution in [0, 0.1) is 17.8 Å². The zero-order chi connectivity index (χ0) is 26.7. The maximum Gasteiger partial charge on any atom is 0.229 e. The van der Waals surface area contributed by atoms with E-state index in [1.807, 2.05) is 44.2 Å². The minimum absolute atomic E-state index is 0.148. The van der Waals surface area contributed by atoms with Gasteiger partial charge in [0.05, 0.1) is 18.4 Å². The number of benzene rings is 2. The second-order valence-corrected chi connectivity index (χ2v) is 12.2. The lowest BCUT2D eigenvalue weighted by atomic mass is 9.71. The van der Waals surface area contributed by atoms with Gasteiger partial charge in [0.15, 0.2) is 5.78 Å². The lowest BCUT2D eigenvalue weighted by Crippen LogP contribution is -2.29. The van der Waals surface area contributed by atoms with E-state index in [1.54, 1.807) is 24.4 Å². The van der Waals surface area contributed by atoms with E-state index in [0.717, 1.165) is 29.6 Å². The van der Waals surface area contributed by atoms with Crippen LogP contribution in [0.3, 0.4) is 0 Å². The zero-order valence-corrected chi connectivity index (χ0v) is 22.1. The second-order valence-electron chi connectivity index (χ2n) is 10.5. The van der Waals surface area contributed by atoms with Gasteiger partial charge in [0.2, 0.25) is 10.0 Å². The average Bonchev–Trinajstić information content (AvgIpc) is 3.62. The molecule has 0 radical (unpaired) electrons. The molecule has 0 spiro atoms. The van der Waals surface area contributed by atoms with Crippen LogP contribution in [-0.2, 0) is 15.4 Å². The van der Waals surface area contributed by atoms with Crippen LogP contribution < -0.4 is 9.46 Å². The number of pyridine rings is 1. The molecule has 1 fully saturated rings. The Morgan fingerprint density at radius 3 is 2.68 bits per heavy atom. The summed E-state index contributed by atoms with van der Waals surface area (Å²) >= 11 is 0. The molecule has 0 saturated heterocycles. The Bertz CT molecular complexity index is 1790.